The minimum atomic E-state index is -0.0470. The highest BCUT2D eigenvalue weighted by Gasteiger charge is 2.01. The molecule has 0 amide bonds. The van der Waals surface area contributed by atoms with Crippen LogP contribution in [0.4, 0.5) is 0 Å². The summed E-state index contributed by atoms with van der Waals surface area (Å²) < 4.78 is 11.3. The van der Waals surface area contributed by atoms with Crippen LogP contribution < -0.4 is 0 Å². The summed E-state index contributed by atoms with van der Waals surface area (Å²) in [5.74, 6) is 0. The highest BCUT2D eigenvalue weighted by atomic mass is 127. The average Bonchev–Trinajstić information content (AvgIpc) is 2.11. The number of hydrogen-bond acceptors (Lipinski definition) is 2. The Bertz CT molecular complexity index is 111. The van der Waals surface area contributed by atoms with Gasteiger partial charge in [-0.3, -0.25) is 0 Å². The van der Waals surface area contributed by atoms with E-state index in [1.165, 1.54) is 4.43 Å². The molecule has 0 saturated heterocycles. The van der Waals surface area contributed by atoms with E-state index in [0.29, 0.717) is 0 Å². The highest BCUT2D eigenvalue weighted by molar-refractivity contribution is 14.1. The van der Waals surface area contributed by atoms with Gasteiger partial charge in [0.05, 0.1) is 0 Å². The molecule has 0 fully saturated rings. The van der Waals surface area contributed by atoms with E-state index in [1.54, 1.807) is 14.2 Å². The van der Waals surface area contributed by atoms with Gasteiger partial charge in [-0.25, -0.2) is 0 Å². The molecule has 0 aromatic rings. The van der Waals surface area contributed by atoms with Crippen LogP contribution in [0.5, 0.6) is 0 Å². The van der Waals surface area contributed by atoms with Gasteiger partial charge in [-0.2, -0.15) is 0 Å². The SMILES string of the molecule is COC(CC/C=C/CCI)OC. The minimum absolute atomic E-state index is 0.0470. The third-order valence-corrected chi connectivity index (χ3v) is 2.16. The van der Waals surface area contributed by atoms with Crippen molar-refractivity contribution >= 4 is 22.6 Å². The van der Waals surface area contributed by atoms with E-state index in [-0.39, 0.29) is 6.29 Å². The molecule has 0 unspecified atom stereocenters. The lowest BCUT2D eigenvalue weighted by Crippen LogP contribution is -2.11. The molecule has 12 heavy (non-hydrogen) atoms. The first-order valence-electron chi connectivity index (χ1n) is 4.11. The van der Waals surface area contributed by atoms with Crippen LogP contribution in [0.3, 0.4) is 0 Å². The Balaban J connectivity index is 3.27. The van der Waals surface area contributed by atoms with E-state index in [4.69, 9.17) is 9.47 Å². The molecule has 0 bridgehead atoms. The van der Waals surface area contributed by atoms with E-state index in [2.05, 4.69) is 34.7 Å². The minimum Gasteiger partial charge on any atom is -0.356 e. The molecule has 72 valence electrons. The molecule has 0 aliphatic heterocycles. The summed E-state index contributed by atoms with van der Waals surface area (Å²) >= 11 is 2.37. The molecule has 0 aliphatic rings. The van der Waals surface area contributed by atoms with Crippen molar-refractivity contribution in [2.24, 2.45) is 0 Å². The van der Waals surface area contributed by atoms with Crippen molar-refractivity contribution in [2.75, 3.05) is 18.6 Å². The second-order valence-electron chi connectivity index (χ2n) is 2.43. The number of alkyl halides is 1. The summed E-state index contributed by atoms with van der Waals surface area (Å²) in [5, 5.41) is 0. The van der Waals surface area contributed by atoms with Crippen molar-refractivity contribution in [3.05, 3.63) is 12.2 Å². The van der Waals surface area contributed by atoms with Gasteiger partial charge in [0.1, 0.15) is 0 Å². The Kier molecular flexibility index (Phi) is 9.79. The first-order chi connectivity index (χ1) is 5.85. The number of hydrogen-bond donors (Lipinski definition) is 0. The Hall–Kier alpha value is 0.390. The molecular formula is C9H17IO2. The van der Waals surface area contributed by atoms with E-state index < -0.39 is 0 Å². The summed E-state index contributed by atoms with van der Waals surface area (Å²) in [5.41, 5.74) is 0. The maximum absolute atomic E-state index is 5.05. The topological polar surface area (TPSA) is 18.5 Å². The fraction of sp³-hybridized carbons (Fsp3) is 0.778. The quantitative estimate of drug-likeness (QED) is 0.310. The fourth-order valence-electron chi connectivity index (χ4n) is 0.863. The molecule has 0 aromatic heterocycles. The lowest BCUT2D eigenvalue weighted by Gasteiger charge is -2.10. The normalized spacial score (nSPS) is 11.7. The van der Waals surface area contributed by atoms with Crippen LogP contribution in [-0.2, 0) is 9.47 Å². The third kappa shape index (κ3) is 7.06. The Morgan fingerprint density at radius 2 is 1.75 bits per heavy atom. The van der Waals surface area contributed by atoms with Gasteiger partial charge in [-0.15, -0.1) is 0 Å². The highest BCUT2D eigenvalue weighted by Crippen LogP contribution is 2.03. The first kappa shape index (κ1) is 12.4. The molecule has 0 atom stereocenters. The molecule has 0 N–H and O–H groups in total. The van der Waals surface area contributed by atoms with Gasteiger partial charge >= 0.3 is 0 Å². The van der Waals surface area contributed by atoms with Crippen LogP contribution in [0.1, 0.15) is 19.3 Å². The zero-order valence-corrected chi connectivity index (χ0v) is 9.91. The predicted octanol–water partition coefficient (Wildman–Crippen LogP) is 2.77. The van der Waals surface area contributed by atoms with Crippen molar-refractivity contribution in [1.29, 1.82) is 0 Å². The largest absolute Gasteiger partial charge is 0.356 e. The van der Waals surface area contributed by atoms with Gasteiger partial charge in [-0.1, -0.05) is 34.7 Å². The van der Waals surface area contributed by atoms with Crippen LogP contribution in [0.25, 0.3) is 0 Å². The van der Waals surface area contributed by atoms with E-state index in [1.807, 2.05) is 0 Å². The van der Waals surface area contributed by atoms with E-state index in [0.717, 1.165) is 19.3 Å². The molecule has 0 spiro atoms. The summed E-state index contributed by atoms with van der Waals surface area (Å²) in [6.07, 6.45) is 7.46. The van der Waals surface area contributed by atoms with Gasteiger partial charge in [0.25, 0.3) is 0 Å². The molecule has 0 aromatic carbocycles. The molecule has 0 heterocycles. The standard InChI is InChI=1S/C9H17IO2/c1-11-9(12-2)7-5-3-4-6-8-10/h3-4,9H,5-8H2,1-2H3/b4-3+. The Morgan fingerprint density at radius 3 is 2.25 bits per heavy atom. The predicted molar refractivity (Wildman–Crippen MR) is 59.7 cm³/mol. The number of allylic oxidation sites excluding steroid dienone is 2. The molecule has 0 saturated carbocycles. The van der Waals surface area contributed by atoms with Gasteiger partial charge in [0, 0.05) is 25.1 Å². The van der Waals surface area contributed by atoms with Gasteiger partial charge in [0.2, 0.25) is 0 Å². The van der Waals surface area contributed by atoms with Crippen molar-refractivity contribution in [3.8, 4) is 0 Å². The molecular weight excluding hydrogens is 267 g/mol. The van der Waals surface area contributed by atoms with Crippen molar-refractivity contribution < 1.29 is 9.47 Å². The lowest BCUT2D eigenvalue weighted by atomic mass is 10.2. The second kappa shape index (κ2) is 9.48. The summed E-state index contributed by atoms with van der Waals surface area (Å²) in [4.78, 5) is 0. The second-order valence-corrected chi connectivity index (χ2v) is 3.51. The number of halogens is 1. The third-order valence-electron chi connectivity index (χ3n) is 1.54. The summed E-state index contributed by atoms with van der Waals surface area (Å²) in [6.45, 7) is 0. The summed E-state index contributed by atoms with van der Waals surface area (Å²) in [6, 6.07) is 0. The van der Waals surface area contributed by atoms with Crippen molar-refractivity contribution in [1.82, 2.24) is 0 Å². The van der Waals surface area contributed by atoms with Gasteiger partial charge < -0.3 is 9.47 Å². The number of methoxy groups -OCH3 is 2. The Labute approximate surface area is 88.5 Å². The van der Waals surface area contributed by atoms with Crippen molar-refractivity contribution in [3.63, 3.8) is 0 Å². The number of rotatable bonds is 7. The van der Waals surface area contributed by atoms with Crippen LogP contribution in [-0.4, -0.2) is 24.9 Å². The summed E-state index contributed by atoms with van der Waals surface area (Å²) in [7, 11) is 3.34. The van der Waals surface area contributed by atoms with E-state index in [9.17, 15) is 0 Å². The smallest absolute Gasteiger partial charge is 0.157 e. The lowest BCUT2D eigenvalue weighted by molar-refractivity contribution is -0.105. The zero-order valence-electron chi connectivity index (χ0n) is 7.75. The fourth-order valence-corrected chi connectivity index (χ4v) is 1.22. The van der Waals surface area contributed by atoms with E-state index >= 15 is 0 Å². The van der Waals surface area contributed by atoms with Crippen LogP contribution in [0.2, 0.25) is 0 Å². The average molecular weight is 284 g/mol. The molecule has 0 radical (unpaired) electrons. The Morgan fingerprint density at radius 1 is 1.17 bits per heavy atom. The first-order valence-corrected chi connectivity index (χ1v) is 5.64. The van der Waals surface area contributed by atoms with Crippen molar-refractivity contribution in [2.45, 2.75) is 25.6 Å². The maximum Gasteiger partial charge on any atom is 0.157 e. The van der Waals surface area contributed by atoms with Crippen LogP contribution >= 0.6 is 22.6 Å². The number of ether oxygens (including phenoxy) is 2. The monoisotopic (exact) mass is 284 g/mol. The molecule has 3 heteroatoms. The molecule has 0 aliphatic carbocycles. The molecule has 2 nitrogen and oxygen atoms in total. The van der Waals surface area contributed by atoms with Crippen LogP contribution in [0.15, 0.2) is 12.2 Å². The molecule has 0 rings (SSSR count). The maximum atomic E-state index is 5.05. The zero-order chi connectivity index (χ0) is 9.23. The van der Waals surface area contributed by atoms with Gasteiger partial charge in [-0.05, 0) is 12.8 Å². The van der Waals surface area contributed by atoms with Crippen LogP contribution in [0, 0.1) is 0 Å². The van der Waals surface area contributed by atoms with Gasteiger partial charge in [0.15, 0.2) is 6.29 Å².